The first-order chi connectivity index (χ1) is 14.0. The summed E-state index contributed by atoms with van der Waals surface area (Å²) in [5, 5.41) is 12.7. The van der Waals surface area contributed by atoms with Crippen LogP contribution in [0.4, 0.5) is 0 Å². The van der Waals surface area contributed by atoms with E-state index in [4.69, 9.17) is 11.6 Å². The molecule has 0 spiro atoms. The quantitative estimate of drug-likeness (QED) is 0.640. The molecule has 3 aromatic rings. The summed E-state index contributed by atoms with van der Waals surface area (Å²) in [4.78, 5) is 13.0. The number of aromatic nitrogens is 3. The lowest BCUT2D eigenvalue weighted by Gasteiger charge is -2.33. The predicted molar refractivity (Wildman–Crippen MR) is 117 cm³/mol. The fourth-order valence-electron chi connectivity index (χ4n) is 3.15. The van der Waals surface area contributed by atoms with Gasteiger partial charge in [-0.15, -0.1) is 10.2 Å². The predicted octanol–water partition coefficient (Wildman–Crippen LogP) is 4.13. The smallest absolute Gasteiger partial charge is 0.236 e. The molecule has 0 bridgehead atoms. The van der Waals surface area contributed by atoms with Crippen molar-refractivity contribution >= 4 is 29.3 Å². The summed E-state index contributed by atoms with van der Waals surface area (Å²) in [6.45, 7) is 4.78. The second kappa shape index (κ2) is 8.47. The Balaban J connectivity index is 1.70. The van der Waals surface area contributed by atoms with Crippen molar-refractivity contribution < 1.29 is 4.79 Å². The zero-order chi connectivity index (χ0) is 20.4. The molecule has 6 nitrogen and oxygen atoms in total. The molecule has 1 aromatic heterocycles. The molecule has 0 radical (unpaired) electrons. The molecule has 8 heteroatoms. The normalized spacial score (nSPS) is 18.2. The molecule has 150 valence electrons. The Morgan fingerprint density at radius 3 is 2.59 bits per heavy atom. The van der Waals surface area contributed by atoms with Gasteiger partial charge in [-0.1, -0.05) is 79.7 Å². The Bertz CT molecular complexity index is 990. The van der Waals surface area contributed by atoms with Crippen LogP contribution in [-0.2, 0) is 4.79 Å². The Hall–Kier alpha value is -2.51. The van der Waals surface area contributed by atoms with Crippen LogP contribution in [-0.4, -0.2) is 32.6 Å². The molecule has 0 fully saturated rings. The molecule has 2 aromatic carbocycles. The summed E-state index contributed by atoms with van der Waals surface area (Å²) >= 11 is 7.49. The van der Waals surface area contributed by atoms with Gasteiger partial charge in [-0.25, -0.2) is 4.68 Å². The number of amides is 1. The molecule has 0 saturated heterocycles. The highest BCUT2D eigenvalue weighted by Gasteiger charge is 2.37. The molecule has 2 atom stereocenters. The van der Waals surface area contributed by atoms with Crippen molar-refractivity contribution in [2.24, 2.45) is 5.92 Å². The van der Waals surface area contributed by atoms with Crippen LogP contribution >= 0.6 is 23.4 Å². The Morgan fingerprint density at radius 2 is 1.90 bits per heavy atom. The van der Waals surface area contributed by atoms with Crippen LogP contribution in [0.3, 0.4) is 0 Å². The number of hydrogen-bond acceptors (Lipinski definition) is 5. The molecule has 0 aliphatic carbocycles. The van der Waals surface area contributed by atoms with E-state index in [0.29, 0.717) is 28.5 Å². The molecule has 1 aliphatic heterocycles. The minimum absolute atomic E-state index is 0.0216. The maximum absolute atomic E-state index is 13.0. The molecule has 29 heavy (non-hydrogen) atoms. The van der Waals surface area contributed by atoms with Crippen molar-refractivity contribution in [2.75, 3.05) is 12.0 Å². The standard InChI is InChI=1S/C21H22ClN5OS/c1-13(2)12-23-20(28)18-17(14-8-10-16(22)11-9-14)26-27-19(24-25-21(27)29-18)15-6-4-3-5-7-15/h3-11,13,17-18,26H,12H2,1-2H3,(H,23,28)/t17-,18+/m1/s1. The monoisotopic (exact) mass is 427 g/mol. The van der Waals surface area contributed by atoms with Gasteiger partial charge in [-0.05, 0) is 23.6 Å². The highest BCUT2D eigenvalue weighted by atomic mass is 35.5. The van der Waals surface area contributed by atoms with E-state index in [1.54, 1.807) is 0 Å². The van der Waals surface area contributed by atoms with E-state index < -0.39 is 0 Å². The maximum atomic E-state index is 13.0. The van der Waals surface area contributed by atoms with Crippen LogP contribution in [0.2, 0.25) is 5.02 Å². The summed E-state index contributed by atoms with van der Waals surface area (Å²) in [5.41, 5.74) is 5.40. The lowest BCUT2D eigenvalue weighted by molar-refractivity contribution is -0.121. The van der Waals surface area contributed by atoms with Crippen LogP contribution < -0.4 is 10.7 Å². The first-order valence-corrected chi connectivity index (χ1v) is 10.8. The number of nitrogens with one attached hydrogen (secondary N) is 2. The lowest BCUT2D eigenvalue weighted by atomic mass is 10.0. The molecule has 0 unspecified atom stereocenters. The lowest BCUT2D eigenvalue weighted by Crippen LogP contribution is -2.44. The highest BCUT2D eigenvalue weighted by molar-refractivity contribution is 8.00. The summed E-state index contributed by atoms with van der Waals surface area (Å²) in [6, 6.07) is 17.2. The summed E-state index contributed by atoms with van der Waals surface area (Å²) in [7, 11) is 0. The van der Waals surface area contributed by atoms with Gasteiger partial charge in [-0.3, -0.25) is 4.79 Å². The Kier molecular flexibility index (Phi) is 5.78. The minimum Gasteiger partial charge on any atom is -0.355 e. The van der Waals surface area contributed by atoms with Gasteiger partial charge >= 0.3 is 0 Å². The summed E-state index contributed by atoms with van der Waals surface area (Å²) < 4.78 is 1.87. The zero-order valence-corrected chi connectivity index (χ0v) is 17.7. The van der Waals surface area contributed by atoms with Crippen molar-refractivity contribution in [3.8, 4) is 11.4 Å². The van der Waals surface area contributed by atoms with Crippen molar-refractivity contribution in [3.63, 3.8) is 0 Å². The highest BCUT2D eigenvalue weighted by Crippen LogP contribution is 2.38. The third-order valence-electron chi connectivity index (χ3n) is 4.64. The topological polar surface area (TPSA) is 71.8 Å². The average Bonchev–Trinajstić information content (AvgIpc) is 3.15. The van der Waals surface area contributed by atoms with E-state index in [2.05, 4.69) is 34.8 Å². The van der Waals surface area contributed by atoms with E-state index in [1.807, 2.05) is 59.3 Å². The van der Waals surface area contributed by atoms with E-state index in [9.17, 15) is 4.79 Å². The molecule has 4 rings (SSSR count). The number of fused-ring (bicyclic) bond motifs is 1. The van der Waals surface area contributed by atoms with E-state index in [1.165, 1.54) is 11.8 Å². The SMILES string of the molecule is CC(C)CNC(=O)[C@H]1Sc2nnc(-c3ccccc3)n2N[C@@H]1c1ccc(Cl)cc1. The molecule has 2 N–H and O–H groups in total. The number of hydrogen-bond donors (Lipinski definition) is 2. The first kappa shape index (κ1) is 19.8. The molecule has 1 aliphatic rings. The fourth-order valence-corrected chi connectivity index (χ4v) is 4.39. The van der Waals surface area contributed by atoms with Crippen LogP contribution in [0.25, 0.3) is 11.4 Å². The number of carbonyl (C=O) groups excluding carboxylic acids is 1. The number of carbonyl (C=O) groups is 1. The second-order valence-corrected chi connectivity index (χ2v) is 8.89. The van der Waals surface area contributed by atoms with Gasteiger partial charge in [0.25, 0.3) is 0 Å². The number of rotatable bonds is 5. The number of benzene rings is 2. The van der Waals surface area contributed by atoms with Crippen LogP contribution in [0.5, 0.6) is 0 Å². The maximum Gasteiger partial charge on any atom is 0.236 e. The molecule has 0 saturated carbocycles. The minimum atomic E-state index is -0.379. The van der Waals surface area contributed by atoms with Crippen molar-refractivity contribution in [3.05, 3.63) is 65.2 Å². The first-order valence-electron chi connectivity index (χ1n) is 9.50. The van der Waals surface area contributed by atoms with Crippen molar-refractivity contribution in [2.45, 2.75) is 30.3 Å². The molecule has 2 heterocycles. The molecular formula is C21H22ClN5OS. The van der Waals surface area contributed by atoms with Crippen LogP contribution in [0, 0.1) is 5.92 Å². The van der Waals surface area contributed by atoms with Crippen molar-refractivity contribution in [1.82, 2.24) is 20.2 Å². The third kappa shape index (κ3) is 4.26. The van der Waals surface area contributed by atoms with Gasteiger partial charge < -0.3 is 10.7 Å². The van der Waals surface area contributed by atoms with Gasteiger partial charge in [0, 0.05) is 17.1 Å². The van der Waals surface area contributed by atoms with Gasteiger partial charge in [0.1, 0.15) is 5.25 Å². The summed E-state index contributed by atoms with van der Waals surface area (Å²) in [5.74, 6) is 1.07. The number of thioether (sulfide) groups is 1. The second-order valence-electron chi connectivity index (χ2n) is 7.34. The average molecular weight is 428 g/mol. The third-order valence-corrected chi connectivity index (χ3v) is 6.11. The van der Waals surface area contributed by atoms with E-state index in [-0.39, 0.29) is 17.2 Å². The largest absolute Gasteiger partial charge is 0.355 e. The fraction of sp³-hybridized carbons (Fsp3) is 0.286. The van der Waals surface area contributed by atoms with E-state index >= 15 is 0 Å². The number of halogens is 1. The van der Waals surface area contributed by atoms with Gasteiger partial charge in [0.2, 0.25) is 11.1 Å². The van der Waals surface area contributed by atoms with Crippen LogP contribution in [0.15, 0.2) is 59.8 Å². The number of nitrogens with zero attached hydrogens (tertiary/aromatic N) is 3. The van der Waals surface area contributed by atoms with E-state index in [0.717, 1.165) is 11.1 Å². The zero-order valence-electron chi connectivity index (χ0n) is 16.2. The Morgan fingerprint density at radius 1 is 1.17 bits per heavy atom. The van der Waals surface area contributed by atoms with Gasteiger partial charge in [-0.2, -0.15) is 0 Å². The van der Waals surface area contributed by atoms with Crippen LogP contribution in [0.1, 0.15) is 25.5 Å². The van der Waals surface area contributed by atoms with Gasteiger partial charge in [0.15, 0.2) is 5.82 Å². The molecular weight excluding hydrogens is 406 g/mol. The molecule has 1 amide bonds. The van der Waals surface area contributed by atoms with Gasteiger partial charge in [0.05, 0.1) is 6.04 Å². The summed E-state index contributed by atoms with van der Waals surface area (Å²) in [6.07, 6.45) is 0. The Labute approximate surface area is 179 Å². The van der Waals surface area contributed by atoms with Crippen molar-refractivity contribution in [1.29, 1.82) is 0 Å².